The quantitative estimate of drug-likeness (QED) is 0.544. The van der Waals surface area contributed by atoms with Gasteiger partial charge < -0.3 is 4.57 Å². The number of benzene rings is 2. The highest BCUT2D eigenvalue weighted by Crippen LogP contribution is 2.28. The molecule has 2 aromatic carbocycles. The zero-order valence-corrected chi connectivity index (χ0v) is 12.1. The molecule has 5 nitrogen and oxygen atoms in total. The number of imidazole rings is 1. The van der Waals surface area contributed by atoms with Gasteiger partial charge in [-0.2, -0.15) is 0 Å². The Morgan fingerprint density at radius 3 is 2.14 bits per heavy atom. The number of aryl methyl sites for hydroxylation is 1. The van der Waals surface area contributed by atoms with Gasteiger partial charge in [-0.05, 0) is 30.2 Å². The number of non-ortho nitro benzene ring substituents is 1. The standard InChI is InChI=1S/C17H15N3O2/c1-13-2-4-14(5-3-13)17(19-11-10-18-12-19)15-6-8-16(9-7-15)20(21)22/h2-12,17H,1H3/t17-/m1/s1. The van der Waals surface area contributed by atoms with Crippen LogP contribution in [0.1, 0.15) is 22.7 Å². The summed E-state index contributed by atoms with van der Waals surface area (Å²) >= 11 is 0. The van der Waals surface area contributed by atoms with E-state index in [2.05, 4.69) is 29.2 Å². The van der Waals surface area contributed by atoms with Crippen molar-refractivity contribution in [2.24, 2.45) is 0 Å². The molecule has 0 spiro atoms. The number of aromatic nitrogens is 2. The van der Waals surface area contributed by atoms with E-state index in [4.69, 9.17) is 0 Å². The van der Waals surface area contributed by atoms with Gasteiger partial charge >= 0.3 is 0 Å². The molecule has 0 aliphatic rings. The van der Waals surface area contributed by atoms with Crippen molar-refractivity contribution in [2.45, 2.75) is 13.0 Å². The molecule has 3 aromatic rings. The van der Waals surface area contributed by atoms with Crippen molar-refractivity contribution in [2.75, 3.05) is 0 Å². The predicted octanol–water partition coefficient (Wildman–Crippen LogP) is 3.74. The van der Waals surface area contributed by atoms with Gasteiger partial charge in [-0.3, -0.25) is 10.1 Å². The lowest BCUT2D eigenvalue weighted by atomic mass is 9.97. The van der Waals surface area contributed by atoms with Gasteiger partial charge in [-0.25, -0.2) is 4.98 Å². The van der Waals surface area contributed by atoms with Crippen LogP contribution in [0.25, 0.3) is 0 Å². The van der Waals surface area contributed by atoms with Gasteiger partial charge in [0.25, 0.3) is 5.69 Å². The van der Waals surface area contributed by atoms with Crippen LogP contribution in [0.15, 0.2) is 67.3 Å². The maximum atomic E-state index is 10.8. The van der Waals surface area contributed by atoms with Crippen LogP contribution in [0.2, 0.25) is 0 Å². The second kappa shape index (κ2) is 5.81. The first-order valence-electron chi connectivity index (χ1n) is 6.93. The fourth-order valence-electron chi connectivity index (χ4n) is 2.49. The highest BCUT2D eigenvalue weighted by molar-refractivity contribution is 5.39. The van der Waals surface area contributed by atoms with Crippen molar-refractivity contribution in [1.29, 1.82) is 0 Å². The molecule has 22 heavy (non-hydrogen) atoms. The highest BCUT2D eigenvalue weighted by Gasteiger charge is 2.17. The Morgan fingerprint density at radius 1 is 1.05 bits per heavy atom. The summed E-state index contributed by atoms with van der Waals surface area (Å²) in [7, 11) is 0. The molecule has 0 aliphatic heterocycles. The zero-order chi connectivity index (χ0) is 15.5. The molecule has 110 valence electrons. The Kier molecular flexibility index (Phi) is 3.70. The molecular formula is C17H15N3O2. The summed E-state index contributed by atoms with van der Waals surface area (Å²) in [6, 6.07) is 14.9. The Balaban J connectivity index is 2.05. The molecule has 5 heteroatoms. The zero-order valence-electron chi connectivity index (χ0n) is 12.1. The van der Waals surface area contributed by atoms with E-state index in [1.54, 1.807) is 24.7 Å². The monoisotopic (exact) mass is 293 g/mol. The first kappa shape index (κ1) is 14.0. The van der Waals surface area contributed by atoms with Gasteiger partial charge in [-0.1, -0.05) is 29.8 Å². The fourth-order valence-corrected chi connectivity index (χ4v) is 2.49. The Morgan fingerprint density at radius 2 is 1.64 bits per heavy atom. The second-order valence-corrected chi connectivity index (χ2v) is 5.17. The summed E-state index contributed by atoms with van der Waals surface area (Å²) < 4.78 is 1.99. The summed E-state index contributed by atoms with van der Waals surface area (Å²) in [5.74, 6) is 0. The lowest BCUT2D eigenvalue weighted by Crippen LogP contribution is -2.10. The SMILES string of the molecule is Cc1ccc([C@H](c2ccc([N+](=O)[O-])cc2)n2ccnc2)cc1. The number of nitro groups is 1. The van der Waals surface area contributed by atoms with Crippen molar-refractivity contribution in [1.82, 2.24) is 9.55 Å². The average Bonchev–Trinajstić information content (AvgIpc) is 3.04. The fraction of sp³-hybridized carbons (Fsp3) is 0.118. The Labute approximate surface area is 128 Å². The number of rotatable bonds is 4. The lowest BCUT2D eigenvalue weighted by molar-refractivity contribution is -0.384. The maximum Gasteiger partial charge on any atom is 0.269 e. The summed E-state index contributed by atoms with van der Waals surface area (Å²) in [5.41, 5.74) is 3.37. The lowest BCUT2D eigenvalue weighted by Gasteiger charge is -2.19. The van der Waals surface area contributed by atoms with Crippen molar-refractivity contribution in [3.63, 3.8) is 0 Å². The number of hydrogen-bond donors (Lipinski definition) is 0. The van der Waals surface area contributed by atoms with Gasteiger partial charge in [0.1, 0.15) is 0 Å². The third-order valence-electron chi connectivity index (χ3n) is 3.64. The third kappa shape index (κ3) is 2.74. The molecule has 0 amide bonds. The molecule has 0 unspecified atom stereocenters. The van der Waals surface area contributed by atoms with Crippen LogP contribution in [0.3, 0.4) is 0 Å². The van der Waals surface area contributed by atoms with Crippen LogP contribution in [0.5, 0.6) is 0 Å². The van der Waals surface area contributed by atoms with E-state index in [0.717, 1.165) is 11.1 Å². The molecule has 1 heterocycles. The summed E-state index contributed by atoms with van der Waals surface area (Å²) in [6.07, 6.45) is 5.38. The summed E-state index contributed by atoms with van der Waals surface area (Å²) in [5, 5.41) is 10.8. The molecule has 0 aliphatic carbocycles. The van der Waals surface area contributed by atoms with Gasteiger partial charge in [-0.15, -0.1) is 0 Å². The van der Waals surface area contributed by atoms with Gasteiger partial charge in [0.05, 0.1) is 17.3 Å². The van der Waals surface area contributed by atoms with Crippen LogP contribution in [-0.2, 0) is 0 Å². The van der Waals surface area contributed by atoms with Crippen molar-refractivity contribution in [3.05, 3.63) is 94.1 Å². The van der Waals surface area contributed by atoms with E-state index >= 15 is 0 Å². The van der Waals surface area contributed by atoms with Crippen LogP contribution >= 0.6 is 0 Å². The van der Waals surface area contributed by atoms with Gasteiger partial charge in [0.2, 0.25) is 0 Å². The third-order valence-corrected chi connectivity index (χ3v) is 3.64. The van der Waals surface area contributed by atoms with Crippen LogP contribution in [-0.4, -0.2) is 14.5 Å². The highest BCUT2D eigenvalue weighted by atomic mass is 16.6. The van der Waals surface area contributed by atoms with Gasteiger partial charge in [0, 0.05) is 24.5 Å². The first-order chi connectivity index (χ1) is 10.6. The normalized spacial score (nSPS) is 12.0. The minimum absolute atomic E-state index is 0.0519. The van der Waals surface area contributed by atoms with E-state index in [-0.39, 0.29) is 16.7 Å². The molecule has 0 bridgehead atoms. The average molecular weight is 293 g/mol. The van der Waals surface area contributed by atoms with Crippen LogP contribution in [0, 0.1) is 17.0 Å². The Bertz CT molecular complexity index is 763. The molecule has 1 atom stereocenters. The van der Waals surface area contributed by atoms with E-state index < -0.39 is 0 Å². The minimum Gasteiger partial charge on any atom is -0.326 e. The molecule has 0 radical (unpaired) electrons. The molecular weight excluding hydrogens is 278 g/mol. The van der Waals surface area contributed by atoms with Crippen molar-refractivity contribution < 1.29 is 4.92 Å². The number of nitrogens with zero attached hydrogens (tertiary/aromatic N) is 3. The minimum atomic E-state index is -0.387. The molecule has 1 aromatic heterocycles. The number of hydrogen-bond acceptors (Lipinski definition) is 3. The first-order valence-corrected chi connectivity index (χ1v) is 6.93. The van der Waals surface area contributed by atoms with Crippen LogP contribution < -0.4 is 0 Å². The number of nitro benzene ring substituents is 1. The summed E-state index contributed by atoms with van der Waals surface area (Å²) in [4.78, 5) is 14.5. The van der Waals surface area contributed by atoms with E-state index in [1.807, 2.05) is 17.7 Å². The van der Waals surface area contributed by atoms with E-state index in [0.29, 0.717) is 0 Å². The molecule has 0 N–H and O–H groups in total. The van der Waals surface area contributed by atoms with E-state index in [1.165, 1.54) is 17.7 Å². The largest absolute Gasteiger partial charge is 0.326 e. The van der Waals surface area contributed by atoms with Gasteiger partial charge in [0.15, 0.2) is 0 Å². The molecule has 3 rings (SSSR count). The van der Waals surface area contributed by atoms with Crippen molar-refractivity contribution >= 4 is 5.69 Å². The van der Waals surface area contributed by atoms with Crippen LogP contribution in [0.4, 0.5) is 5.69 Å². The molecule has 0 saturated heterocycles. The summed E-state index contributed by atoms with van der Waals surface area (Å²) in [6.45, 7) is 2.04. The maximum absolute atomic E-state index is 10.8. The smallest absolute Gasteiger partial charge is 0.269 e. The van der Waals surface area contributed by atoms with E-state index in [9.17, 15) is 10.1 Å². The Hall–Kier alpha value is -2.95. The molecule has 0 saturated carbocycles. The second-order valence-electron chi connectivity index (χ2n) is 5.17. The predicted molar refractivity (Wildman–Crippen MR) is 83.7 cm³/mol. The van der Waals surface area contributed by atoms with Crippen molar-refractivity contribution in [3.8, 4) is 0 Å². The molecule has 0 fully saturated rings. The topological polar surface area (TPSA) is 61.0 Å².